The van der Waals surface area contributed by atoms with Gasteiger partial charge in [0.05, 0.1) is 12.7 Å². The first kappa shape index (κ1) is 22.0. The Morgan fingerprint density at radius 1 is 1.25 bits per heavy atom. The lowest BCUT2D eigenvalue weighted by molar-refractivity contribution is -0.128. The molecule has 1 aromatic carbocycles. The number of hydrogen-bond donors (Lipinski definition) is 2. The molecular formula is C24H33BO7. The number of methoxy groups -OCH3 is 1. The monoisotopic (exact) mass is 444 g/mol. The summed E-state index contributed by atoms with van der Waals surface area (Å²) in [6.07, 6.45) is 3.07. The van der Waals surface area contributed by atoms with Crippen molar-refractivity contribution in [2.24, 2.45) is 23.2 Å². The van der Waals surface area contributed by atoms with E-state index in [1.54, 1.807) is 19.9 Å². The van der Waals surface area contributed by atoms with Crippen molar-refractivity contribution in [2.75, 3.05) is 13.7 Å². The van der Waals surface area contributed by atoms with Crippen molar-refractivity contribution in [3.8, 4) is 11.5 Å². The average molecular weight is 444 g/mol. The number of carbonyl (C=O) groups excluding carboxylic acids is 1. The number of aliphatic hydroxyl groups is 1. The van der Waals surface area contributed by atoms with Gasteiger partial charge >= 0.3 is 13.1 Å². The van der Waals surface area contributed by atoms with Gasteiger partial charge in [-0.1, -0.05) is 19.9 Å². The summed E-state index contributed by atoms with van der Waals surface area (Å²) in [7, 11) is 0.529. The molecule has 7 nitrogen and oxygen atoms in total. The van der Waals surface area contributed by atoms with Crippen LogP contribution in [0, 0.1) is 23.2 Å². The SMILES string of the molecule is COc1ccc(C(CCO)CB(O)O[C@]23[C@H](C)C[C@H]4C[C@@H]2C43C)c2c1C(=O)OC(C)(C)O2. The second kappa shape index (κ2) is 7.11. The topological polar surface area (TPSA) is 94.5 Å². The van der Waals surface area contributed by atoms with Crippen LogP contribution in [-0.4, -0.2) is 48.3 Å². The summed E-state index contributed by atoms with van der Waals surface area (Å²) in [5.74, 6) is 0.554. The Kier molecular flexibility index (Phi) is 4.90. The van der Waals surface area contributed by atoms with Crippen LogP contribution in [0.2, 0.25) is 6.32 Å². The van der Waals surface area contributed by atoms with Crippen molar-refractivity contribution < 1.29 is 33.8 Å². The molecule has 0 saturated heterocycles. The first-order valence-corrected chi connectivity index (χ1v) is 11.7. The van der Waals surface area contributed by atoms with Gasteiger partial charge in [0.1, 0.15) is 17.1 Å². The molecule has 174 valence electrons. The predicted molar refractivity (Wildman–Crippen MR) is 118 cm³/mol. The number of ether oxygens (including phenoxy) is 3. The van der Waals surface area contributed by atoms with E-state index in [0.717, 1.165) is 12.0 Å². The third-order valence-corrected chi connectivity index (χ3v) is 8.73. The summed E-state index contributed by atoms with van der Waals surface area (Å²) in [4.78, 5) is 12.7. The molecule has 2 N–H and O–H groups in total. The highest BCUT2D eigenvalue weighted by Gasteiger charge is 2.89. The zero-order valence-electron chi connectivity index (χ0n) is 19.5. The van der Waals surface area contributed by atoms with E-state index in [-0.39, 0.29) is 29.1 Å². The zero-order valence-corrected chi connectivity index (χ0v) is 19.5. The molecule has 2 unspecified atom stereocenters. The second-order valence-corrected chi connectivity index (χ2v) is 10.7. The molecule has 0 amide bonds. The predicted octanol–water partition coefficient (Wildman–Crippen LogP) is 3.38. The summed E-state index contributed by atoms with van der Waals surface area (Å²) < 4.78 is 23.2. The van der Waals surface area contributed by atoms with Crippen LogP contribution in [0.25, 0.3) is 0 Å². The molecular weight excluding hydrogens is 411 g/mol. The van der Waals surface area contributed by atoms with E-state index in [9.17, 15) is 14.9 Å². The first-order valence-electron chi connectivity index (χ1n) is 11.7. The number of carbonyl (C=O) groups is 1. The smallest absolute Gasteiger partial charge is 0.455 e. The van der Waals surface area contributed by atoms with Crippen LogP contribution in [0.4, 0.5) is 0 Å². The molecule has 8 heteroatoms. The number of hydrogen-bond acceptors (Lipinski definition) is 7. The van der Waals surface area contributed by atoms with Crippen molar-refractivity contribution in [3.05, 3.63) is 23.3 Å². The summed E-state index contributed by atoms with van der Waals surface area (Å²) in [6, 6.07) is 3.55. The minimum atomic E-state index is -1.13. The Morgan fingerprint density at radius 3 is 2.59 bits per heavy atom. The van der Waals surface area contributed by atoms with Gasteiger partial charge in [-0.2, -0.15) is 0 Å². The van der Waals surface area contributed by atoms with Crippen LogP contribution in [0.5, 0.6) is 11.5 Å². The number of aliphatic hydroxyl groups excluding tert-OH is 1. The molecule has 0 aromatic heterocycles. The van der Waals surface area contributed by atoms with Crippen LogP contribution in [0.15, 0.2) is 12.1 Å². The van der Waals surface area contributed by atoms with Gasteiger partial charge in [0, 0.05) is 25.9 Å². The maximum atomic E-state index is 12.7. The van der Waals surface area contributed by atoms with Gasteiger partial charge in [0.15, 0.2) is 0 Å². The lowest BCUT2D eigenvalue weighted by atomic mass is 9.72. The molecule has 3 saturated carbocycles. The molecule has 4 aliphatic rings. The van der Waals surface area contributed by atoms with E-state index < -0.39 is 18.9 Å². The second-order valence-electron chi connectivity index (χ2n) is 10.7. The van der Waals surface area contributed by atoms with Gasteiger partial charge in [-0.05, 0) is 60.9 Å². The van der Waals surface area contributed by atoms with Crippen molar-refractivity contribution >= 4 is 13.1 Å². The summed E-state index contributed by atoms with van der Waals surface area (Å²) in [6.45, 7) is 7.83. The molecule has 0 bridgehead atoms. The highest BCUT2D eigenvalue weighted by atomic mass is 16.7. The van der Waals surface area contributed by atoms with Gasteiger partial charge in [-0.25, -0.2) is 4.79 Å². The maximum absolute atomic E-state index is 12.7. The zero-order chi connectivity index (χ0) is 23.1. The molecule has 1 aromatic rings. The number of rotatable bonds is 8. The van der Waals surface area contributed by atoms with Crippen molar-refractivity contribution in [1.29, 1.82) is 0 Å². The van der Waals surface area contributed by atoms with E-state index in [2.05, 4.69) is 13.8 Å². The molecule has 1 aliphatic heterocycles. The number of esters is 1. The minimum Gasteiger partial charge on any atom is -0.496 e. The molecule has 5 rings (SSSR count). The van der Waals surface area contributed by atoms with E-state index >= 15 is 0 Å². The fraction of sp³-hybridized carbons (Fsp3) is 0.708. The lowest BCUT2D eigenvalue weighted by Crippen LogP contribution is -2.40. The van der Waals surface area contributed by atoms with E-state index in [1.165, 1.54) is 13.5 Å². The highest BCUT2D eigenvalue weighted by molar-refractivity contribution is 6.43. The highest BCUT2D eigenvalue weighted by Crippen LogP contribution is 2.87. The number of cyclic esters (lactones) is 1. The Bertz CT molecular complexity index is 945. The van der Waals surface area contributed by atoms with Crippen molar-refractivity contribution in [1.82, 2.24) is 0 Å². The van der Waals surface area contributed by atoms with Crippen LogP contribution in [0.1, 0.15) is 68.8 Å². The molecule has 32 heavy (non-hydrogen) atoms. The average Bonchev–Trinajstić information content (AvgIpc) is 3.06. The van der Waals surface area contributed by atoms with E-state index in [0.29, 0.717) is 42.0 Å². The van der Waals surface area contributed by atoms with Crippen LogP contribution < -0.4 is 9.47 Å². The summed E-state index contributed by atoms with van der Waals surface area (Å²) >= 11 is 0. The molecule has 3 fully saturated rings. The van der Waals surface area contributed by atoms with Crippen LogP contribution in [-0.2, 0) is 9.39 Å². The summed E-state index contributed by atoms with van der Waals surface area (Å²) in [5, 5.41) is 20.8. The minimum absolute atomic E-state index is 0.0595. The Balaban J connectivity index is 1.42. The molecule has 0 spiro atoms. The standard InChI is InChI=1S/C24H33BO7/c1-13-10-15-11-18-23(15,4)24(13,18)32-25(28)12-14(8-9-26)16-6-7-17(29-5)19-20(16)30-22(2,3)31-21(19)27/h6-7,13-15,18,26,28H,8-12H2,1-5H3/t13-,14?,15+,18-,23?,24-/m1/s1. The molecule has 0 radical (unpaired) electrons. The third kappa shape index (κ3) is 2.82. The molecule has 6 atom stereocenters. The lowest BCUT2D eigenvalue weighted by Gasteiger charge is -2.35. The normalized spacial score (nSPS) is 36.2. The Labute approximate surface area is 189 Å². The first-order chi connectivity index (χ1) is 15.1. The van der Waals surface area contributed by atoms with Crippen LogP contribution >= 0.6 is 0 Å². The Hall–Kier alpha value is -1.77. The molecule has 1 heterocycles. The molecule has 3 aliphatic carbocycles. The van der Waals surface area contributed by atoms with Gasteiger partial charge in [-0.15, -0.1) is 0 Å². The largest absolute Gasteiger partial charge is 0.496 e. The van der Waals surface area contributed by atoms with Gasteiger partial charge in [0.25, 0.3) is 0 Å². The van der Waals surface area contributed by atoms with Gasteiger partial charge in [-0.3, -0.25) is 0 Å². The van der Waals surface area contributed by atoms with E-state index in [1.807, 2.05) is 6.07 Å². The number of fused-ring (bicyclic) bond motifs is 2. The van der Waals surface area contributed by atoms with E-state index in [4.69, 9.17) is 18.9 Å². The fourth-order valence-electron chi connectivity index (χ4n) is 7.25. The Morgan fingerprint density at radius 2 is 2.00 bits per heavy atom. The third-order valence-electron chi connectivity index (χ3n) is 8.73. The fourth-order valence-corrected chi connectivity index (χ4v) is 7.25. The van der Waals surface area contributed by atoms with Crippen molar-refractivity contribution in [2.45, 2.75) is 70.6 Å². The van der Waals surface area contributed by atoms with Crippen LogP contribution in [0.3, 0.4) is 0 Å². The summed E-state index contributed by atoms with van der Waals surface area (Å²) in [5.41, 5.74) is 0.960. The maximum Gasteiger partial charge on any atom is 0.455 e. The van der Waals surface area contributed by atoms with Crippen molar-refractivity contribution in [3.63, 3.8) is 0 Å². The van der Waals surface area contributed by atoms with Gasteiger partial charge in [0.2, 0.25) is 5.79 Å². The number of benzene rings is 1. The quantitative estimate of drug-likeness (QED) is 0.469. The van der Waals surface area contributed by atoms with Gasteiger partial charge < -0.3 is 29.0 Å².